The Hall–Kier alpha value is -2.97. The van der Waals surface area contributed by atoms with Gasteiger partial charge in [0.25, 0.3) is 11.6 Å². The average Bonchev–Trinajstić information content (AvgIpc) is 2.94. The first-order valence-electron chi connectivity index (χ1n) is 7.29. The van der Waals surface area contributed by atoms with Gasteiger partial charge in [0, 0.05) is 18.3 Å². The highest BCUT2D eigenvalue weighted by Crippen LogP contribution is 2.26. The van der Waals surface area contributed by atoms with Gasteiger partial charge in [0.1, 0.15) is 11.4 Å². The predicted octanol–water partition coefficient (Wildman–Crippen LogP) is 4.04. The van der Waals surface area contributed by atoms with Gasteiger partial charge in [-0.15, -0.1) is 0 Å². The van der Waals surface area contributed by atoms with Crippen LogP contribution < -0.4 is 5.32 Å². The fourth-order valence-electron chi connectivity index (χ4n) is 2.32. The molecule has 8 nitrogen and oxygen atoms in total. The predicted molar refractivity (Wildman–Crippen MR) is 97.2 cm³/mol. The van der Waals surface area contributed by atoms with E-state index in [4.69, 9.17) is 23.2 Å². The summed E-state index contributed by atoms with van der Waals surface area (Å²) < 4.78 is 1.33. The Balaban J connectivity index is 1.99. The van der Waals surface area contributed by atoms with Gasteiger partial charge in [-0.2, -0.15) is 9.78 Å². The summed E-state index contributed by atoms with van der Waals surface area (Å²) in [6.07, 6.45) is 1.40. The van der Waals surface area contributed by atoms with E-state index in [0.717, 1.165) is 0 Å². The maximum Gasteiger partial charge on any atom is 0.282 e. The molecule has 0 aliphatic rings. The van der Waals surface area contributed by atoms with Gasteiger partial charge in [0.15, 0.2) is 5.82 Å². The number of nitro benzene ring substituents is 1. The van der Waals surface area contributed by atoms with Crippen LogP contribution in [0.2, 0.25) is 10.0 Å². The fourth-order valence-corrected chi connectivity index (χ4v) is 2.78. The highest BCUT2D eigenvalue weighted by atomic mass is 35.5. The number of nitro groups is 1. The number of aryl methyl sites for hydroxylation is 1. The number of amides is 1. The van der Waals surface area contributed by atoms with Gasteiger partial charge in [0.2, 0.25) is 0 Å². The van der Waals surface area contributed by atoms with Gasteiger partial charge in [0.05, 0.1) is 20.7 Å². The third-order valence-electron chi connectivity index (χ3n) is 3.41. The van der Waals surface area contributed by atoms with Crippen LogP contribution in [0.5, 0.6) is 0 Å². The van der Waals surface area contributed by atoms with Crippen molar-refractivity contribution in [1.29, 1.82) is 0 Å². The lowest BCUT2D eigenvalue weighted by Crippen LogP contribution is -2.17. The lowest BCUT2D eigenvalue weighted by atomic mass is 10.1. The quantitative estimate of drug-likeness (QED) is 0.533. The minimum atomic E-state index is -0.650. The van der Waals surface area contributed by atoms with Crippen LogP contribution in [-0.4, -0.2) is 25.6 Å². The molecule has 10 heteroatoms. The second-order valence-corrected chi connectivity index (χ2v) is 6.11. The Labute approximate surface area is 157 Å². The van der Waals surface area contributed by atoms with Crippen LogP contribution in [-0.2, 0) is 0 Å². The molecule has 3 aromatic rings. The van der Waals surface area contributed by atoms with Crippen molar-refractivity contribution in [3.63, 3.8) is 0 Å². The number of para-hydroxylation sites is 1. The zero-order valence-corrected chi connectivity index (χ0v) is 14.8. The Bertz CT molecular complexity index is 1020. The summed E-state index contributed by atoms with van der Waals surface area (Å²) in [5.74, 6) is -0.118. The molecule has 0 saturated heterocycles. The lowest BCUT2D eigenvalue weighted by Gasteiger charge is -2.10. The van der Waals surface area contributed by atoms with Crippen LogP contribution in [0.4, 0.5) is 11.5 Å². The van der Waals surface area contributed by atoms with E-state index in [1.807, 2.05) is 0 Å². The number of benzene rings is 1. The normalized spacial score (nSPS) is 10.6. The average molecular weight is 392 g/mol. The van der Waals surface area contributed by atoms with Gasteiger partial charge in [-0.05, 0) is 19.1 Å². The van der Waals surface area contributed by atoms with E-state index in [0.29, 0.717) is 10.7 Å². The fraction of sp³-hybridized carbons (Fsp3) is 0.0625. The van der Waals surface area contributed by atoms with Crippen LogP contribution >= 0.6 is 23.2 Å². The first kappa shape index (κ1) is 17.8. The number of hydrogen-bond donors (Lipinski definition) is 1. The van der Waals surface area contributed by atoms with Crippen LogP contribution in [0.15, 0.2) is 42.6 Å². The Morgan fingerprint density at radius 2 is 2.00 bits per heavy atom. The number of carbonyl (C=O) groups is 1. The molecule has 0 radical (unpaired) electrons. The number of nitrogens with zero attached hydrogens (tertiary/aromatic N) is 4. The van der Waals surface area contributed by atoms with Gasteiger partial charge in [-0.3, -0.25) is 14.9 Å². The molecule has 0 fully saturated rings. The highest BCUT2D eigenvalue weighted by molar-refractivity contribution is 6.35. The molecule has 1 amide bonds. The monoisotopic (exact) mass is 391 g/mol. The van der Waals surface area contributed by atoms with Crippen molar-refractivity contribution in [3.8, 4) is 5.82 Å². The molecule has 0 saturated carbocycles. The van der Waals surface area contributed by atoms with Crippen molar-refractivity contribution in [2.75, 3.05) is 5.32 Å². The minimum absolute atomic E-state index is 0.0712. The molecule has 0 bridgehead atoms. The molecule has 0 unspecified atom stereocenters. The number of anilines is 1. The molecule has 2 heterocycles. The van der Waals surface area contributed by atoms with Crippen LogP contribution in [0.1, 0.15) is 16.1 Å². The Kier molecular flexibility index (Phi) is 4.88. The maximum atomic E-state index is 12.5. The van der Waals surface area contributed by atoms with E-state index in [9.17, 15) is 14.9 Å². The summed E-state index contributed by atoms with van der Waals surface area (Å²) in [6.45, 7) is 1.72. The standard InChI is InChI=1S/C16H11Cl2N5O3/c1-9-6-14(22(21-9)15-12(18)7-10(17)8-19-15)20-16(24)11-4-2-3-5-13(11)23(25)26/h2-8H,1H3,(H,20,24). The molecule has 26 heavy (non-hydrogen) atoms. The third-order valence-corrected chi connectivity index (χ3v) is 3.89. The summed E-state index contributed by atoms with van der Waals surface area (Å²) in [6, 6.07) is 8.75. The SMILES string of the molecule is Cc1cc(NC(=O)c2ccccc2[N+](=O)[O-])n(-c2ncc(Cl)cc2Cl)n1. The third kappa shape index (κ3) is 3.51. The van der Waals surface area contributed by atoms with Gasteiger partial charge in [-0.1, -0.05) is 35.3 Å². The van der Waals surface area contributed by atoms with Crippen LogP contribution in [0.25, 0.3) is 5.82 Å². The molecule has 1 N–H and O–H groups in total. The summed E-state index contributed by atoms with van der Waals surface area (Å²) in [5, 5.41) is 18.6. The number of hydrogen-bond acceptors (Lipinski definition) is 5. The smallest absolute Gasteiger partial charge is 0.282 e. The molecule has 1 aromatic carbocycles. The van der Waals surface area contributed by atoms with Gasteiger partial charge >= 0.3 is 0 Å². The van der Waals surface area contributed by atoms with E-state index >= 15 is 0 Å². The molecule has 0 aliphatic heterocycles. The van der Waals surface area contributed by atoms with E-state index in [2.05, 4.69) is 15.4 Å². The number of carbonyl (C=O) groups excluding carboxylic acids is 1. The van der Waals surface area contributed by atoms with Gasteiger partial charge < -0.3 is 5.32 Å². The number of pyridine rings is 1. The largest absolute Gasteiger partial charge is 0.306 e. The highest BCUT2D eigenvalue weighted by Gasteiger charge is 2.21. The number of nitrogens with one attached hydrogen (secondary N) is 1. The molecular formula is C16H11Cl2N5O3. The molecule has 0 atom stereocenters. The zero-order valence-electron chi connectivity index (χ0n) is 13.3. The van der Waals surface area contributed by atoms with E-state index in [1.54, 1.807) is 19.1 Å². The minimum Gasteiger partial charge on any atom is -0.306 e. The summed E-state index contributed by atoms with van der Waals surface area (Å²) in [5.41, 5.74) is 0.226. The van der Waals surface area contributed by atoms with E-state index in [1.165, 1.54) is 35.1 Å². The Morgan fingerprint density at radius 3 is 2.69 bits per heavy atom. The van der Waals surface area contributed by atoms with Crippen molar-refractivity contribution < 1.29 is 9.72 Å². The second-order valence-electron chi connectivity index (χ2n) is 5.27. The zero-order chi connectivity index (χ0) is 18.8. The number of halogens is 2. The van der Waals surface area contributed by atoms with Crippen LogP contribution in [0, 0.1) is 17.0 Å². The number of aromatic nitrogens is 3. The lowest BCUT2D eigenvalue weighted by molar-refractivity contribution is -0.385. The van der Waals surface area contributed by atoms with Crippen molar-refractivity contribution in [2.24, 2.45) is 0 Å². The van der Waals surface area contributed by atoms with Crippen molar-refractivity contribution in [1.82, 2.24) is 14.8 Å². The summed E-state index contributed by atoms with van der Waals surface area (Å²) in [7, 11) is 0. The molecule has 0 spiro atoms. The van der Waals surface area contributed by atoms with Crippen molar-refractivity contribution >= 4 is 40.6 Å². The molecule has 2 aromatic heterocycles. The second kappa shape index (κ2) is 7.11. The first-order valence-corrected chi connectivity index (χ1v) is 8.05. The summed E-state index contributed by atoms with van der Waals surface area (Å²) in [4.78, 5) is 27.2. The number of rotatable bonds is 4. The molecular weight excluding hydrogens is 381 g/mol. The van der Waals surface area contributed by atoms with Gasteiger partial charge in [-0.25, -0.2) is 4.98 Å². The van der Waals surface area contributed by atoms with Crippen molar-refractivity contribution in [3.05, 3.63) is 74.0 Å². The maximum absolute atomic E-state index is 12.5. The van der Waals surface area contributed by atoms with Crippen molar-refractivity contribution in [2.45, 2.75) is 6.92 Å². The van der Waals surface area contributed by atoms with Crippen LogP contribution in [0.3, 0.4) is 0 Å². The first-order chi connectivity index (χ1) is 12.4. The summed E-state index contributed by atoms with van der Waals surface area (Å²) >= 11 is 12.0. The molecule has 132 valence electrons. The Morgan fingerprint density at radius 1 is 1.27 bits per heavy atom. The topological polar surface area (TPSA) is 103 Å². The van der Waals surface area contributed by atoms with E-state index in [-0.39, 0.29) is 27.9 Å². The molecule has 0 aliphatic carbocycles. The molecule has 3 rings (SSSR count). The van der Waals surface area contributed by atoms with E-state index < -0.39 is 10.8 Å².